The number of aromatic nitrogens is 2. The molecule has 0 radical (unpaired) electrons. The second-order valence-corrected chi connectivity index (χ2v) is 3.86. The molecular formula is C12H10ClN3O. The number of carbonyl (C=O) groups excluding carboxylic acids is 1. The van der Waals surface area contributed by atoms with Crippen LogP contribution in [-0.2, 0) is 0 Å². The van der Waals surface area contributed by atoms with Crippen molar-refractivity contribution in [1.82, 2.24) is 9.97 Å². The molecule has 0 aliphatic carbocycles. The highest BCUT2D eigenvalue weighted by Gasteiger charge is 2.12. The molecule has 0 aliphatic heterocycles. The number of hydrogen-bond acceptors (Lipinski definition) is 3. The van der Waals surface area contributed by atoms with Crippen LogP contribution in [0, 0.1) is 6.92 Å². The summed E-state index contributed by atoms with van der Waals surface area (Å²) in [6.45, 7) is 1.82. The smallest absolute Gasteiger partial charge is 0.275 e. The molecule has 0 saturated heterocycles. The van der Waals surface area contributed by atoms with Crippen LogP contribution < -0.4 is 5.32 Å². The van der Waals surface area contributed by atoms with Crippen LogP contribution in [0.15, 0.2) is 36.7 Å². The fourth-order valence-electron chi connectivity index (χ4n) is 1.37. The minimum absolute atomic E-state index is 0.316. The van der Waals surface area contributed by atoms with E-state index in [4.69, 9.17) is 11.6 Å². The Hall–Kier alpha value is -1.94. The van der Waals surface area contributed by atoms with Crippen molar-refractivity contribution >= 4 is 23.3 Å². The van der Waals surface area contributed by atoms with Gasteiger partial charge in [-0.2, -0.15) is 0 Å². The second kappa shape index (κ2) is 4.93. The minimum Gasteiger partial charge on any atom is -0.304 e. The zero-order valence-corrected chi connectivity index (χ0v) is 9.90. The summed E-state index contributed by atoms with van der Waals surface area (Å²) in [7, 11) is 0. The third-order valence-electron chi connectivity index (χ3n) is 2.21. The highest BCUT2D eigenvalue weighted by molar-refractivity contribution is 6.33. The highest BCUT2D eigenvalue weighted by atomic mass is 35.5. The molecule has 0 aromatic carbocycles. The molecule has 17 heavy (non-hydrogen) atoms. The second-order valence-electron chi connectivity index (χ2n) is 3.46. The number of amides is 1. The van der Waals surface area contributed by atoms with Crippen molar-refractivity contribution in [2.24, 2.45) is 0 Å². The maximum absolute atomic E-state index is 11.9. The van der Waals surface area contributed by atoms with Crippen molar-refractivity contribution in [3.63, 3.8) is 0 Å². The van der Waals surface area contributed by atoms with Gasteiger partial charge in [-0.3, -0.25) is 9.78 Å². The Morgan fingerprint density at radius 2 is 1.94 bits per heavy atom. The Labute approximate surface area is 104 Å². The van der Waals surface area contributed by atoms with E-state index in [0.29, 0.717) is 16.5 Å². The Kier molecular flexibility index (Phi) is 3.35. The molecule has 5 heteroatoms. The number of halogens is 1. The van der Waals surface area contributed by atoms with Gasteiger partial charge in [0.15, 0.2) is 5.82 Å². The van der Waals surface area contributed by atoms with Crippen LogP contribution in [0.4, 0.5) is 5.82 Å². The van der Waals surface area contributed by atoms with Gasteiger partial charge in [-0.05, 0) is 30.7 Å². The van der Waals surface area contributed by atoms with Gasteiger partial charge in [0.1, 0.15) is 5.69 Å². The van der Waals surface area contributed by atoms with Crippen LogP contribution in [0.5, 0.6) is 0 Å². The van der Waals surface area contributed by atoms with Crippen LogP contribution in [0.1, 0.15) is 16.1 Å². The zero-order chi connectivity index (χ0) is 12.3. The van der Waals surface area contributed by atoms with Crippen LogP contribution in [0.3, 0.4) is 0 Å². The Bertz CT molecular complexity index is 557. The first kappa shape index (κ1) is 11.5. The molecule has 4 nitrogen and oxygen atoms in total. The standard InChI is InChI=1S/C12H10ClN3O/c1-8-4-2-6-14-10(8)12(17)16-11-9(13)5-3-7-15-11/h2-7H,1H3,(H,15,16,17). The van der Waals surface area contributed by atoms with Crippen molar-refractivity contribution in [3.8, 4) is 0 Å². The lowest BCUT2D eigenvalue weighted by molar-refractivity contribution is 0.102. The quantitative estimate of drug-likeness (QED) is 0.888. The van der Waals surface area contributed by atoms with Crippen LogP contribution in [-0.4, -0.2) is 15.9 Å². The number of pyridine rings is 2. The lowest BCUT2D eigenvalue weighted by atomic mass is 10.2. The lowest BCUT2D eigenvalue weighted by Gasteiger charge is -2.06. The first-order valence-corrected chi connectivity index (χ1v) is 5.40. The SMILES string of the molecule is Cc1cccnc1C(=O)Nc1ncccc1Cl. The molecule has 1 N–H and O–H groups in total. The fraction of sp³-hybridized carbons (Fsp3) is 0.0833. The highest BCUT2D eigenvalue weighted by Crippen LogP contribution is 2.18. The van der Waals surface area contributed by atoms with Crippen molar-refractivity contribution in [2.45, 2.75) is 6.92 Å². The summed E-state index contributed by atoms with van der Waals surface area (Å²) >= 11 is 5.90. The van der Waals surface area contributed by atoms with Gasteiger partial charge in [0.05, 0.1) is 5.02 Å². The third-order valence-corrected chi connectivity index (χ3v) is 2.52. The maximum atomic E-state index is 11.9. The number of anilines is 1. The van der Waals surface area contributed by atoms with E-state index < -0.39 is 0 Å². The summed E-state index contributed by atoms with van der Waals surface area (Å²) in [5.41, 5.74) is 1.17. The minimum atomic E-state index is -0.316. The van der Waals surface area contributed by atoms with E-state index in [1.54, 1.807) is 30.6 Å². The summed E-state index contributed by atoms with van der Waals surface area (Å²) in [5.74, 6) is 0.0212. The van der Waals surface area contributed by atoms with Crippen LogP contribution in [0.25, 0.3) is 0 Å². The van der Waals surface area contributed by atoms with Gasteiger partial charge in [0, 0.05) is 12.4 Å². The van der Waals surface area contributed by atoms with E-state index in [0.717, 1.165) is 5.56 Å². The predicted octanol–water partition coefficient (Wildman–Crippen LogP) is 2.69. The molecule has 2 aromatic rings. The largest absolute Gasteiger partial charge is 0.304 e. The summed E-state index contributed by atoms with van der Waals surface area (Å²) in [6.07, 6.45) is 3.13. The van der Waals surface area contributed by atoms with E-state index >= 15 is 0 Å². The van der Waals surface area contributed by atoms with Crippen LogP contribution in [0.2, 0.25) is 5.02 Å². The van der Waals surface area contributed by atoms with Gasteiger partial charge >= 0.3 is 0 Å². The number of carbonyl (C=O) groups is 1. The molecule has 86 valence electrons. The third kappa shape index (κ3) is 2.60. The monoisotopic (exact) mass is 247 g/mol. The molecule has 2 rings (SSSR count). The topological polar surface area (TPSA) is 54.9 Å². The van der Waals surface area contributed by atoms with E-state index in [1.165, 1.54) is 0 Å². The summed E-state index contributed by atoms with van der Waals surface area (Å²) in [6, 6.07) is 6.96. The van der Waals surface area contributed by atoms with Gasteiger partial charge in [0.2, 0.25) is 0 Å². The normalized spacial score (nSPS) is 10.0. The summed E-state index contributed by atoms with van der Waals surface area (Å²) < 4.78 is 0. The zero-order valence-electron chi connectivity index (χ0n) is 9.14. The van der Waals surface area contributed by atoms with Crippen molar-refractivity contribution in [3.05, 3.63) is 52.9 Å². The molecule has 0 bridgehead atoms. The molecule has 2 aromatic heterocycles. The molecule has 0 unspecified atom stereocenters. The van der Waals surface area contributed by atoms with Crippen LogP contribution >= 0.6 is 11.6 Å². The molecule has 0 atom stereocenters. The predicted molar refractivity (Wildman–Crippen MR) is 66.2 cm³/mol. The number of rotatable bonds is 2. The first-order valence-electron chi connectivity index (χ1n) is 5.02. The van der Waals surface area contributed by atoms with Crippen molar-refractivity contribution in [1.29, 1.82) is 0 Å². The molecule has 1 amide bonds. The van der Waals surface area contributed by atoms with Crippen molar-refractivity contribution < 1.29 is 4.79 Å². The fourth-order valence-corrected chi connectivity index (χ4v) is 1.54. The van der Waals surface area contributed by atoms with Gasteiger partial charge in [-0.1, -0.05) is 17.7 Å². The molecular weight excluding hydrogens is 238 g/mol. The molecule has 2 heterocycles. The molecule has 0 aliphatic rings. The van der Waals surface area contributed by atoms with E-state index in [1.807, 2.05) is 13.0 Å². The van der Waals surface area contributed by atoms with Gasteiger partial charge < -0.3 is 5.32 Å². The lowest BCUT2D eigenvalue weighted by Crippen LogP contribution is -2.16. The summed E-state index contributed by atoms with van der Waals surface area (Å²) in [5, 5.41) is 3.02. The number of nitrogens with one attached hydrogen (secondary N) is 1. The number of aryl methyl sites for hydroxylation is 1. The Morgan fingerprint density at radius 3 is 2.65 bits per heavy atom. The summed E-state index contributed by atoms with van der Waals surface area (Å²) in [4.78, 5) is 19.9. The number of hydrogen-bond donors (Lipinski definition) is 1. The Balaban J connectivity index is 2.24. The number of nitrogens with zero attached hydrogens (tertiary/aromatic N) is 2. The van der Waals surface area contributed by atoms with E-state index in [2.05, 4.69) is 15.3 Å². The molecule has 0 spiro atoms. The molecule has 0 fully saturated rings. The average molecular weight is 248 g/mol. The van der Waals surface area contributed by atoms with Gasteiger partial charge in [-0.15, -0.1) is 0 Å². The average Bonchev–Trinajstić information content (AvgIpc) is 2.32. The van der Waals surface area contributed by atoms with E-state index in [9.17, 15) is 4.79 Å². The van der Waals surface area contributed by atoms with Gasteiger partial charge in [0.25, 0.3) is 5.91 Å². The van der Waals surface area contributed by atoms with Crippen molar-refractivity contribution in [2.75, 3.05) is 5.32 Å². The van der Waals surface area contributed by atoms with E-state index in [-0.39, 0.29) is 5.91 Å². The Morgan fingerprint density at radius 1 is 1.24 bits per heavy atom. The first-order chi connectivity index (χ1) is 8.18. The van der Waals surface area contributed by atoms with Gasteiger partial charge in [-0.25, -0.2) is 4.98 Å². The molecule has 0 saturated carbocycles. The maximum Gasteiger partial charge on any atom is 0.275 e.